The SMILES string of the molecule is CCC1CN(C(=O)[C@@H](N)CC)CCS1. The maximum Gasteiger partial charge on any atom is 0.239 e. The van der Waals surface area contributed by atoms with Gasteiger partial charge in [-0.2, -0.15) is 11.8 Å². The van der Waals surface area contributed by atoms with Crippen molar-refractivity contribution in [2.45, 2.75) is 38.0 Å². The lowest BCUT2D eigenvalue weighted by Crippen LogP contribution is -2.48. The van der Waals surface area contributed by atoms with E-state index in [0.717, 1.165) is 31.7 Å². The number of carbonyl (C=O) groups excluding carboxylic acids is 1. The van der Waals surface area contributed by atoms with E-state index in [1.54, 1.807) is 0 Å². The van der Waals surface area contributed by atoms with Crippen LogP contribution in [0.25, 0.3) is 0 Å². The lowest BCUT2D eigenvalue weighted by Gasteiger charge is -2.33. The van der Waals surface area contributed by atoms with Crippen LogP contribution in [0.5, 0.6) is 0 Å². The van der Waals surface area contributed by atoms with Gasteiger partial charge >= 0.3 is 0 Å². The highest BCUT2D eigenvalue weighted by Crippen LogP contribution is 2.21. The lowest BCUT2D eigenvalue weighted by atomic mass is 10.2. The second kappa shape index (κ2) is 5.61. The van der Waals surface area contributed by atoms with Crippen LogP contribution in [0.15, 0.2) is 0 Å². The van der Waals surface area contributed by atoms with Crippen molar-refractivity contribution in [1.29, 1.82) is 0 Å². The van der Waals surface area contributed by atoms with Crippen molar-refractivity contribution in [2.75, 3.05) is 18.8 Å². The maximum absolute atomic E-state index is 11.8. The summed E-state index contributed by atoms with van der Waals surface area (Å²) < 4.78 is 0. The minimum absolute atomic E-state index is 0.131. The maximum atomic E-state index is 11.8. The summed E-state index contributed by atoms with van der Waals surface area (Å²) in [5.74, 6) is 1.19. The van der Waals surface area contributed by atoms with Gasteiger partial charge in [-0.25, -0.2) is 0 Å². The Morgan fingerprint density at radius 3 is 2.93 bits per heavy atom. The number of amides is 1. The van der Waals surface area contributed by atoms with E-state index in [-0.39, 0.29) is 11.9 Å². The van der Waals surface area contributed by atoms with Crippen LogP contribution < -0.4 is 5.73 Å². The Labute approximate surface area is 90.4 Å². The van der Waals surface area contributed by atoms with Crippen molar-refractivity contribution in [2.24, 2.45) is 5.73 Å². The van der Waals surface area contributed by atoms with Crippen molar-refractivity contribution in [3.8, 4) is 0 Å². The number of nitrogens with two attached hydrogens (primary N) is 1. The molecule has 1 aliphatic heterocycles. The first-order valence-electron chi connectivity index (χ1n) is 5.35. The number of hydrogen-bond donors (Lipinski definition) is 1. The molecule has 1 aliphatic rings. The average molecular weight is 216 g/mol. The summed E-state index contributed by atoms with van der Waals surface area (Å²) in [4.78, 5) is 13.7. The smallest absolute Gasteiger partial charge is 0.239 e. The highest BCUT2D eigenvalue weighted by atomic mass is 32.2. The molecule has 14 heavy (non-hydrogen) atoms. The molecule has 1 heterocycles. The van der Waals surface area contributed by atoms with Crippen LogP contribution >= 0.6 is 11.8 Å². The molecule has 0 aromatic carbocycles. The molecule has 1 fully saturated rings. The van der Waals surface area contributed by atoms with Crippen LogP contribution in [0.3, 0.4) is 0 Å². The molecule has 1 saturated heterocycles. The Morgan fingerprint density at radius 2 is 2.36 bits per heavy atom. The molecule has 1 amide bonds. The fourth-order valence-corrected chi connectivity index (χ4v) is 2.76. The first kappa shape index (κ1) is 11.9. The van der Waals surface area contributed by atoms with Gasteiger partial charge in [0, 0.05) is 24.1 Å². The molecule has 0 bridgehead atoms. The molecule has 1 unspecified atom stereocenters. The van der Waals surface area contributed by atoms with Gasteiger partial charge in [0.1, 0.15) is 0 Å². The third-order valence-electron chi connectivity index (χ3n) is 2.66. The normalized spacial score (nSPS) is 24.8. The van der Waals surface area contributed by atoms with Gasteiger partial charge in [0.05, 0.1) is 6.04 Å². The zero-order chi connectivity index (χ0) is 10.6. The van der Waals surface area contributed by atoms with E-state index >= 15 is 0 Å². The van der Waals surface area contributed by atoms with Gasteiger partial charge in [-0.3, -0.25) is 4.79 Å². The fourth-order valence-electron chi connectivity index (χ4n) is 1.58. The fraction of sp³-hybridized carbons (Fsp3) is 0.900. The largest absolute Gasteiger partial charge is 0.339 e. The summed E-state index contributed by atoms with van der Waals surface area (Å²) in [6.07, 6.45) is 1.87. The molecule has 0 aromatic heterocycles. The van der Waals surface area contributed by atoms with Crippen molar-refractivity contribution in [1.82, 2.24) is 4.90 Å². The molecular formula is C10H20N2OS. The molecule has 0 spiro atoms. The topological polar surface area (TPSA) is 46.3 Å². The second-order valence-corrected chi connectivity index (χ2v) is 5.11. The number of rotatable bonds is 3. The van der Waals surface area contributed by atoms with Gasteiger partial charge in [0.15, 0.2) is 0 Å². The first-order chi connectivity index (χ1) is 6.69. The minimum atomic E-state index is -0.296. The van der Waals surface area contributed by atoms with Crippen LogP contribution in [0, 0.1) is 0 Å². The first-order valence-corrected chi connectivity index (χ1v) is 6.39. The van der Waals surface area contributed by atoms with Gasteiger partial charge in [-0.15, -0.1) is 0 Å². The number of carbonyl (C=O) groups is 1. The van der Waals surface area contributed by atoms with Crippen LogP contribution in [0.1, 0.15) is 26.7 Å². The molecule has 3 nitrogen and oxygen atoms in total. The predicted octanol–water partition coefficient (Wildman–Crippen LogP) is 1.08. The minimum Gasteiger partial charge on any atom is -0.339 e. The van der Waals surface area contributed by atoms with E-state index in [9.17, 15) is 4.79 Å². The monoisotopic (exact) mass is 216 g/mol. The van der Waals surface area contributed by atoms with Crippen LogP contribution in [-0.2, 0) is 4.79 Å². The molecular weight excluding hydrogens is 196 g/mol. The Bertz CT molecular complexity index is 199. The van der Waals surface area contributed by atoms with Crippen molar-refractivity contribution >= 4 is 17.7 Å². The summed E-state index contributed by atoms with van der Waals surface area (Å²) in [6, 6.07) is -0.296. The van der Waals surface area contributed by atoms with Crippen molar-refractivity contribution in [3.63, 3.8) is 0 Å². The molecule has 0 aromatic rings. The molecule has 0 saturated carbocycles. The zero-order valence-electron chi connectivity index (χ0n) is 9.03. The zero-order valence-corrected chi connectivity index (χ0v) is 9.85. The standard InChI is InChI=1S/C10H20N2OS/c1-3-8-7-12(5-6-14-8)10(13)9(11)4-2/h8-9H,3-7,11H2,1-2H3/t8?,9-/m0/s1. The summed E-state index contributed by atoms with van der Waals surface area (Å²) in [5.41, 5.74) is 5.74. The van der Waals surface area contributed by atoms with Crippen molar-refractivity contribution in [3.05, 3.63) is 0 Å². The van der Waals surface area contributed by atoms with E-state index in [0.29, 0.717) is 5.25 Å². The Morgan fingerprint density at radius 1 is 1.64 bits per heavy atom. The van der Waals surface area contributed by atoms with Gasteiger partial charge in [0.2, 0.25) is 5.91 Å². The summed E-state index contributed by atoms with van der Waals surface area (Å²) in [5, 5.41) is 0.608. The van der Waals surface area contributed by atoms with Gasteiger partial charge in [-0.05, 0) is 12.8 Å². The van der Waals surface area contributed by atoms with Gasteiger partial charge < -0.3 is 10.6 Å². The van der Waals surface area contributed by atoms with E-state index in [2.05, 4.69) is 6.92 Å². The van der Waals surface area contributed by atoms with Gasteiger partial charge in [-0.1, -0.05) is 13.8 Å². The van der Waals surface area contributed by atoms with Crippen molar-refractivity contribution < 1.29 is 4.79 Å². The summed E-state index contributed by atoms with van der Waals surface area (Å²) in [7, 11) is 0. The highest BCUT2D eigenvalue weighted by Gasteiger charge is 2.25. The van der Waals surface area contributed by atoms with E-state index in [4.69, 9.17) is 5.73 Å². The Hall–Kier alpha value is -0.220. The molecule has 0 radical (unpaired) electrons. The van der Waals surface area contributed by atoms with E-state index < -0.39 is 0 Å². The second-order valence-electron chi connectivity index (χ2n) is 3.70. The Balaban J connectivity index is 2.47. The Kier molecular flexibility index (Phi) is 4.75. The molecule has 2 N–H and O–H groups in total. The summed E-state index contributed by atoms with van der Waals surface area (Å²) >= 11 is 1.97. The molecule has 2 atom stereocenters. The number of hydrogen-bond acceptors (Lipinski definition) is 3. The number of nitrogens with zero attached hydrogens (tertiary/aromatic N) is 1. The van der Waals surface area contributed by atoms with E-state index in [1.165, 1.54) is 0 Å². The average Bonchev–Trinajstić information content (AvgIpc) is 2.27. The third-order valence-corrected chi connectivity index (χ3v) is 4.03. The van der Waals surface area contributed by atoms with Crippen LogP contribution in [0.2, 0.25) is 0 Å². The lowest BCUT2D eigenvalue weighted by molar-refractivity contribution is -0.132. The predicted molar refractivity (Wildman–Crippen MR) is 61.4 cm³/mol. The van der Waals surface area contributed by atoms with Gasteiger partial charge in [0.25, 0.3) is 0 Å². The summed E-state index contributed by atoms with van der Waals surface area (Å²) in [6.45, 7) is 5.88. The molecule has 82 valence electrons. The molecule has 4 heteroatoms. The van der Waals surface area contributed by atoms with E-state index in [1.807, 2.05) is 23.6 Å². The highest BCUT2D eigenvalue weighted by molar-refractivity contribution is 8.00. The number of thioether (sulfide) groups is 1. The van der Waals surface area contributed by atoms with Crippen LogP contribution in [-0.4, -0.2) is 40.9 Å². The van der Waals surface area contributed by atoms with Crippen LogP contribution in [0.4, 0.5) is 0 Å². The molecule has 0 aliphatic carbocycles. The molecule has 1 rings (SSSR count). The quantitative estimate of drug-likeness (QED) is 0.768. The third kappa shape index (κ3) is 2.89.